The molecule has 1 aliphatic rings. The van der Waals surface area contributed by atoms with E-state index in [1.807, 2.05) is 0 Å². The van der Waals surface area contributed by atoms with Gasteiger partial charge in [0, 0.05) is 12.0 Å². The number of rotatable bonds is 0. The molecule has 0 atom stereocenters. The first-order chi connectivity index (χ1) is 2.50. The molecule has 0 aliphatic carbocycles. The van der Waals surface area contributed by atoms with E-state index in [0.29, 0.717) is 5.94 Å². The van der Waals surface area contributed by atoms with Crippen LogP contribution in [-0.2, 0) is 8.92 Å². The molecule has 3 heteroatoms. The van der Waals surface area contributed by atoms with Crippen molar-refractivity contribution < 1.29 is 8.92 Å². The number of hydrogen-bond acceptors (Lipinski definition) is 3. The summed E-state index contributed by atoms with van der Waals surface area (Å²) in [7, 11) is 0. The fourth-order valence-electron chi connectivity index (χ4n) is 0.139. The Morgan fingerprint density at radius 3 is 3.00 bits per heavy atom. The third-order valence-electron chi connectivity index (χ3n) is 0.292. The van der Waals surface area contributed by atoms with Gasteiger partial charge in [-0.25, -0.2) is 0 Å². The zero-order chi connectivity index (χ0) is 3.54. The molecule has 0 unspecified atom stereocenters. The van der Waals surface area contributed by atoms with Gasteiger partial charge in [0.15, 0.2) is 0 Å². The Labute approximate surface area is 34.7 Å². The molecule has 1 saturated heterocycles. The van der Waals surface area contributed by atoms with E-state index in [0.717, 1.165) is 0 Å². The van der Waals surface area contributed by atoms with E-state index in [9.17, 15) is 0 Å². The van der Waals surface area contributed by atoms with Crippen molar-refractivity contribution >= 4 is 12.0 Å². The molecule has 5 heavy (non-hydrogen) atoms. The maximum Gasteiger partial charge on any atom is 0.223 e. The van der Waals surface area contributed by atoms with Gasteiger partial charge in [0.05, 0.1) is 0 Å². The summed E-state index contributed by atoms with van der Waals surface area (Å²) in [6.45, 7) is 1.32. The zero-order valence-corrected chi connectivity index (χ0v) is 3.33. The van der Waals surface area contributed by atoms with Crippen LogP contribution in [0.25, 0.3) is 0 Å². The maximum absolute atomic E-state index is 4.56. The van der Waals surface area contributed by atoms with Crippen LogP contribution in [0.3, 0.4) is 0 Å². The first kappa shape index (κ1) is 3.46. The minimum Gasteiger partial charge on any atom is -0.334 e. The molecule has 29 valence electrons. The molecule has 0 aromatic carbocycles. The lowest BCUT2D eigenvalue weighted by molar-refractivity contribution is 0.181. The van der Waals surface area contributed by atoms with Crippen molar-refractivity contribution in [3.05, 3.63) is 6.79 Å². The van der Waals surface area contributed by atoms with Crippen LogP contribution in [0, 0.1) is 6.79 Å². The Balaban J connectivity index is 2.08. The molecule has 0 saturated carbocycles. The Bertz CT molecular complexity index is 19.2. The van der Waals surface area contributed by atoms with Crippen molar-refractivity contribution in [3.8, 4) is 0 Å². The normalized spacial score (nSPS) is 24.0. The average molecular weight is 91.1 g/mol. The van der Waals surface area contributed by atoms with Crippen molar-refractivity contribution in [2.75, 3.05) is 5.94 Å². The van der Waals surface area contributed by atoms with E-state index in [2.05, 4.69) is 8.92 Å². The highest BCUT2D eigenvalue weighted by Gasteiger charge is 1.97. The third kappa shape index (κ3) is 0.792. The fourth-order valence-corrected chi connectivity index (χ4v) is 0.417. The van der Waals surface area contributed by atoms with Crippen LogP contribution in [0.5, 0.6) is 0 Å². The van der Waals surface area contributed by atoms with Gasteiger partial charge >= 0.3 is 0 Å². The summed E-state index contributed by atoms with van der Waals surface area (Å²) in [6.07, 6.45) is 0. The van der Waals surface area contributed by atoms with Gasteiger partial charge in [-0.15, -0.1) is 0 Å². The van der Waals surface area contributed by atoms with E-state index in [-0.39, 0.29) is 0 Å². The van der Waals surface area contributed by atoms with Gasteiger partial charge in [-0.05, 0) is 0 Å². The summed E-state index contributed by atoms with van der Waals surface area (Å²) in [5.74, 6) is 0.639. The van der Waals surface area contributed by atoms with E-state index >= 15 is 0 Å². The van der Waals surface area contributed by atoms with Crippen LogP contribution in [0.2, 0.25) is 0 Å². The topological polar surface area (TPSA) is 18.5 Å². The van der Waals surface area contributed by atoms with Gasteiger partial charge in [-0.2, -0.15) is 0 Å². The second-order valence-corrected chi connectivity index (χ2v) is 1.26. The zero-order valence-electron chi connectivity index (χ0n) is 2.51. The highest BCUT2D eigenvalue weighted by atomic mass is 32.2. The third-order valence-corrected chi connectivity index (χ3v) is 0.738. The second-order valence-electron chi connectivity index (χ2n) is 0.595. The van der Waals surface area contributed by atoms with Gasteiger partial charge < -0.3 is 4.74 Å². The molecule has 0 aromatic rings. The molecule has 0 amide bonds. The summed E-state index contributed by atoms with van der Waals surface area (Å²) in [6, 6.07) is 0. The van der Waals surface area contributed by atoms with Crippen LogP contribution >= 0.6 is 12.0 Å². The van der Waals surface area contributed by atoms with Crippen LogP contribution in [0.4, 0.5) is 0 Å². The standard InChI is InChI=1S/C2H3O2S/c1-3-2-5-4-1/h1H,2H2. The van der Waals surface area contributed by atoms with Gasteiger partial charge in [-0.1, -0.05) is 0 Å². The Kier molecular flexibility index (Phi) is 1.14. The largest absolute Gasteiger partial charge is 0.334 e. The maximum atomic E-state index is 4.56. The van der Waals surface area contributed by atoms with Crippen molar-refractivity contribution in [2.45, 2.75) is 0 Å². The van der Waals surface area contributed by atoms with Gasteiger partial charge in [0.2, 0.25) is 6.79 Å². The Hall–Kier alpha value is 0.270. The molecule has 1 fully saturated rings. The molecule has 0 bridgehead atoms. The van der Waals surface area contributed by atoms with Gasteiger partial charge in [-0.3, -0.25) is 4.18 Å². The number of hydrogen-bond donors (Lipinski definition) is 0. The molecular formula is C2H3O2S. The summed E-state index contributed by atoms with van der Waals surface area (Å²) in [5.41, 5.74) is 0. The van der Waals surface area contributed by atoms with Gasteiger partial charge in [0.25, 0.3) is 0 Å². The molecule has 1 rings (SSSR count). The molecule has 1 heterocycles. The lowest BCUT2D eigenvalue weighted by atomic mass is 11.4. The first-order valence-electron chi connectivity index (χ1n) is 1.22. The summed E-state index contributed by atoms with van der Waals surface area (Å²) < 4.78 is 9.07. The lowest BCUT2D eigenvalue weighted by Crippen LogP contribution is -1.67. The highest BCUT2D eigenvalue weighted by Crippen LogP contribution is 2.12. The summed E-state index contributed by atoms with van der Waals surface area (Å²) in [4.78, 5) is 0. The van der Waals surface area contributed by atoms with Crippen molar-refractivity contribution in [1.29, 1.82) is 0 Å². The van der Waals surface area contributed by atoms with Crippen LogP contribution in [-0.4, -0.2) is 5.94 Å². The summed E-state index contributed by atoms with van der Waals surface area (Å²) >= 11 is 1.30. The average Bonchev–Trinajstić information content (AvgIpc) is 1.76. The molecule has 0 spiro atoms. The molecular weight excluding hydrogens is 88.1 g/mol. The monoisotopic (exact) mass is 91.0 g/mol. The van der Waals surface area contributed by atoms with Crippen molar-refractivity contribution in [2.24, 2.45) is 0 Å². The van der Waals surface area contributed by atoms with Crippen LogP contribution < -0.4 is 0 Å². The van der Waals surface area contributed by atoms with Gasteiger partial charge in [0.1, 0.15) is 5.94 Å². The SMILES string of the molecule is [CH]1OCSO1. The number of ether oxygens (including phenoxy) is 1. The second kappa shape index (κ2) is 1.64. The minimum atomic E-state index is 0.639. The molecule has 0 aromatic heterocycles. The highest BCUT2D eigenvalue weighted by molar-refractivity contribution is 7.94. The summed E-state index contributed by atoms with van der Waals surface area (Å²) in [5, 5.41) is 0. The van der Waals surface area contributed by atoms with E-state index < -0.39 is 0 Å². The fraction of sp³-hybridized carbons (Fsp3) is 0.500. The van der Waals surface area contributed by atoms with Crippen LogP contribution in [0.15, 0.2) is 0 Å². The first-order valence-corrected chi connectivity index (χ1v) is 2.13. The Morgan fingerprint density at radius 2 is 2.80 bits per heavy atom. The van der Waals surface area contributed by atoms with Crippen LogP contribution in [0.1, 0.15) is 0 Å². The van der Waals surface area contributed by atoms with Crippen molar-refractivity contribution in [3.63, 3.8) is 0 Å². The Morgan fingerprint density at radius 1 is 1.80 bits per heavy atom. The molecule has 0 N–H and O–H groups in total. The lowest BCUT2D eigenvalue weighted by Gasteiger charge is -1.70. The smallest absolute Gasteiger partial charge is 0.223 e. The minimum absolute atomic E-state index is 0.639. The van der Waals surface area contributed by atoms with E-state index in [1.54, 1.807) is 0 Å². The van der Waals surface area contributed by atoms with Crippen molar-refractivity contribution in [1.82, 2.24) is 0 Å². The van der Waals surface area contributed by atoms with E-state index in [1.165, 1.54) is 18.8 Å². The molecule has 2 nitrogen and oxygen atoms in total. The quantitative estimate of drug-likeness (QED) is 0.410. The molecule has 1 aliphatic heterocycles. The molecule has 1 radical (unpaired) electrons. The van der Waals surface area contributed by atoms with E-state index in [4.69, 9.17) is 0 Å². The predicted octanol–water partition coefficient (Wildman–Crippen LogP) is 0.758. The predicted molar refractivity (Wildman–Crippen MR) is 18.9 cm³/mol.